The predicted octanol–water partition coefficient (Wildman–Crippen LogP) is 1.62. The van der Waals surface area contributed by atoms with Crippen LogP contribution in [0.25, 0.3) is 0 Å². The number of piperidine rings is 1. The molecular weight excluding hydrogens is 232 g/mol. The van der Waals surface area contributed by atoms with Gasteiger partial charge in [-0.15, -0.1) is 0 Å². The number of rotatable bonds is 4. The molecule has 18 heavy (non-hydrogen) atoms. The molecule has 2 fully saturated rings. The summed E-state index contributed by atoms with van der Waals surface area (Å²) in [5.74, 6) is 0.182. The van der Waals surface area contributed by atoms with Gasteiger partial charge in [0, 0.05) is 25.6 Å². The van der Waals surface area contributed by atoms with Crippen molar-refractivity contribution in [3.63, 3.8) is 0 Å². The fourth-order valence-electron chi connectivity index (χ4n) is 2.76. The van der Waals surface area contributed by atoms with E-state index in [0.29, 0.717) is 32.2 Å². The van der Waals surface area contributed by atoms with E-state index in [9.17, 15) is 9.59 Å². The summed E-state index contributed by atoms with van der Waals surface area (Å²) in [4.78, 5) is 27.1. The number of amides is 2. The molecule has 2 amide bonds. The van der Waals surface area contributed by atoms with Gasteiger partial charge in [0.15, 0.2) is 0 Å². The van der Waals surface area contributed by atoms with Crippen molar-refractivity contribution in [1.82, 2.24) is 9.80 Å². The van der Waals surface area contributed by atoms with Gasteiger partial charge in [-0.1, -0.05) is 6.92 Å². The van der Waals surface area contributed by atoms with Crippen molar-refractivity contribution in [3.05, 3.63) is 0 Å². The predicted molar refractivity (Wildman–Crippen MR) is 67.2 cm³/mol. The van der Waals surface area contributed by atoms with Crippen molar-refractivity contribution in [1.29, 1.82) is 0 Å². The lowest BCUT2D eigenvalue weighted by Gasteiger charge is -2.35. The van der Waals surface area contributed by atoms with Gasteiger partial charge in [0.05, 0.1) is 6.54 Å². The van der Waals surface area contributed by atoms with Crippen molar-refractivity contribution in [2.24, 2.45) is 0 Å². The summed E-state index contributed by atoms with van der Waals surface area (Å²) in [6.07, 6.45) is 4.61. The summed E-state index contributed by atoms with van der Waals surface area (Å²) in [6.45, 7) is 4.57. The summed E-state index contributed by atoms with van der Waals surface area (Å²) in [7, 11) is 0. The molecule has 0 aliphatic carbocycles. The molecule has 2 saturated heterocycles. The molecule has 1 atom stereocenters. The molecule has 0 radical (unpaired) electrons. The van der Waals surface area contributed by atoms with E-state index >= 15 is 0 Å². The standard InChI is InChI=1S/C13H22N2O3/c1-2-11-5-3-4-7-15(11)12(16)6-8-14-9-10-18-13(14)17/h11H,2-10H2,1H3. The van der Waals surface area contributed by atoms with Crippen molar-refractivity contribution >= 4 is 12.0 Å². The van der Waals surface area contributed by atoms with E-state index in [2.05, 4.69) is 6.92 Å². The Morgan fingerprint density at radius 1 is 1.39 bits per heavy atom. The Hall–Kier alpha value is -1.26. The second-order valence-electron chi connectivity index (χ2n) is 5.00. The van der Waals surface area contributed by atoms with Crippen molar-refractivity contribution in [2.75, 3.05) is 26.2 Å². The van der Waals surface area contributed by atoms with Crippen molar-refractivity contribution < 1.29 is 14.3 Å². The van der Waals surface area contributed by atoms with Crippen LogP contribution in [0, 0.1) is 0 Å². The number of likely N-dealkylation sites (tertiary alicyclic amines) is 1. The van der Waals surface area contributed by atoms with Gasteiger partial charge in [0.1, 0.15) is 6.61 Å². The molecule has 2 aliphatic heterocycles. The van der Waals surface area contributed by atoms with Crippen LogP contribution < -0.4 is 0 Å². The molecule has 2 rings (SSSR count). The minimum Gasteiger partial charge on any atom is -0.448 e. The van der Waals surface area contributed by atoms with Crippen LogP contribution in [0.1, 0.15) is 39.0 Å². The zero-order valence-corrected chi connectivity index (χ0v) is 11.1. The number of hydrogen-bond donors (Lipinski definition) is 0. The Kier molecular flexibility index (Phi) is 4.44. The minimum atomic E-state index is -0.284. The van der Waals surface area contributed by atoms with E-state index in [-0.39, 0.29) is 12.0 Å². The SMILES string of the molecule is CCC1CCCCN1C(=O)CCN1CCOC1=O. The largest absolute Gasteiger partial charge is 0.448 e. The number of carbonyl (C=O) groups excluding carboxylic acids is 2. The highest BCUT2D eigenvalue weighted by molar-refractivity contribution is 5.78. The Bertz CT molecular complexity index is 319. The van der Waals surface area contributed by atoms with E-state index in [0.717, 1.165) is 25.8 Å². The molecule has 0 N–H and O–H groups in total. The Labute approximate surface area is 108 Å². The smallest absolute Gasteiger partial charge is 0.409 e. The van der Waals surface area contributed by atoms with E-state index in [1.165, 1.54) is 6.42 Å². The zero-order chi connectivity index (χ0) is 13.0. The molecule has 2 aliphatic rings. The van der Waals surface area contributed by atoms with Gasteiger partial charge in [-0.05, 0) is 25.7 Å². The van der Waals surface area contributed by atoms with Gasteiger partial charge in [0.2, 0.25) is 5.91 Å². The molecule has 0 spiro atoms. The summed E-state index contributed by atoms with van der Waals surface area (Å²) in [5, 5.41) is 0. The van der Waals surface area contributed by atoms with Gasteiger partial charge >= 0.3 is 6.09 Å². The molecule has 0 bridgehead atoms. The van der Waals surface area contributed by atoms with Crippen molar-refractivity contribution in [3.8, 4) is 0 Å². The number of carbonyl (C=O) groups is 2. The van der Waals surface area contributed by atoms with Crippen LogP contribution >= 0.6 is 0 Å². The first-order valence-electron chi connectivity index (χ1n) is 6.93. The summed E-state index contributed by atoms with van der Waals surface area (Å²) in [6, 6.07) is 0.400. The monoisotopic (exact) mass is 254 g/mol. The van der Waals surface area contributed by atoms with Crippen LogP contribution in [-0.4, -0.2) is 54.1 Å². The molecule has 0 saturated carbocycles. The average Bonchev–Trinajstić information content (AvgIpc) is 2.81. The Morgan fingerprint density at radius 3 is 2.89 bits per heavy atom. The fourth-order valence-corrected chi connectivity index (χ4v) is 2.76. The third-order valence-electron chi connectivity index (χ3n) is 3.86. The molecule has 102 valence electrons. The lowest BCUT2D eigenvalue weighted by Crippen LogP contribution is -2.44. The van der Waals surface area contributed by atoms with E-state index in [4.69, 9.17) is 4.74 Å². The molecule has 1 unspecified atom stereocenters. The molecular formula is C13H22N2O3. The highest BCUT2D eigenvalue weighted by atomic mass is 16.6. The summed E-state index contributed by atoms with van der Waals surface area (Å²) in [5.41, 5.74) is 0. The topological polar surface area (TPSA) is 49.9 Å². The lowest BCUT2D eigenvalue weighted by molar-refractivity contribution is -0.135. The molecule has 5 heteroatoms. The van der Waals surface area contributed by atoms with Crippen LogP contribution in [0.15, 0.2) is 0 Å². The normalized spacial score (nSPS) is 24.3. The third-order valence-corrected chi connectivity index (χ3v) is 3.86. The number of nitrogens with zero attached hydrogens (tertiary/aromatic N) is 2. The van der Waals surface area contributed by atoms with Crippen LogP contribution in [0.4, 0.5) is 4.79 Å². The highest BCUT2D eigenvalue weighted by Gasteiger charge is 2.27. The first-order chi connectivity index (χ1) is 8.72. The van der Waals surface area contributed by atoms with Gasteiger partial charge in [-0.3, -0.25) is 4.79 Å². The Balaban J connectivity index is 1.81. The van der Waals surface area contributed by atoms with Crippen LogP contribution in [0.5, 0.6) is 0 Å². The van der Waals surface area contributed by atoms with Crippen LogP contribution in [-0.2, 0) is 9.53 Å². The maximum atomic E-state index is 12.2. The molecule has 2 heterocycles. The average molecular weight is 254 g/mol. The van der Waals surface area contributed by atoms with Crippen molar-refractivity contribution in [2.45, 2.75) is 45.1 Å². The summed E-state index contributed by atoms with van der Waals surface area (Å²) >= 11 is 0. The third kappa shape index (κ3) is 2.94. The van der Waals surface area contributed by atoms with Gasteiger partial charge in [-0.25, -0.2) is 4.79 Å². The second kappa shape index (κ2) is 6.07. The molecule has 0 aromatic carbocycles. The number of hydrogen-bond acceptors (Lipinski definition) is 3. The molecule has 0 aromatic rings. The lowest BCUT2D eigenvalue weighted by atomic mass is 9.99. The maximum Gasteiger partial charge on any atom is 0.409 e. The number of cyclic esters (lactones) is 1. The quantitative estimate of drug-likeness (QED) is 0.766. The highest BCUT2D eigenvalue weighted by Crippen LogP contribution is 2.20. The fraction of sp³-hybridized carbons (Fsp3) is 0.846. The first kappa shape index (κ1) is 13.2. The van der Waals surface area contributed by atoms with Gasteiger partial charge < -0.3 is 14.5 Å². The maximum absolute atomic E-state index is 12.2. The van der Waals surface area contributed by atoms with E-state index < -0.39 is 0 Å². The van der Waals surface area contributed by atoms with Gasteiger partial charge in [0.25, 0.3) is 0 Å². The van der Waals surface area contributed by atoms with Crippen LogP contribution in [0.3, 0.4) is 0 Å². The molecule has 0 aromatic heterocycles. The first-order valence-corrected chi connectivity index (χ1v) is 6.93. The summed E-state index contributed by atoms with van der Waals surface area (Å²) < 4.78 is 4.85. The zero-order valence-electron chi connectivity index (χ0n) is 11.1. The second-order valence-corrected chi connectivity index (χ2v) is 5.00. The molecule has 5 nitrogen and oxygen atoms in total. The Morgan fingerprint density at radius 2 is 2.22 bits per heavy atom. The van der Waals surface area contributed by atoms with Gasteiger partial charge in [-0.2, -0.15) is 0 Å². The van der Waals surface area contributed by atoms with E-state index in [1.54, 1.807) is 4.90 Å². The number of ether oxygens (including phenoxy) is 1. The van der Waals surface area contributed by atoms with Crippen LogP contribution in [0.2, 0.25) is 0 Å². The minimum absolute atomic E-state index is 0.182. The van der Waals surface area contributed by atoms with E-state index in [1.807, 2.05) is 4.90 Å².